The lowest BCUT2D eigenvalue weighted by atomic mass is 9.93. The van der Waals surface area contributed by atoms with Gasteiger partial charge in [-0.15, -0.1) is 0 Å². The Balaban J connectivity index is 1.25. The van der Waals surface area contributed by atoms with E-state index in [0.29, 0.717) is 43.5 Å². The number of piperidine rings is 1. The Morgan fingerprint density at radius 1 is 1.08 bits per heavy atom. The molecule has 2 aliphatic rings. The van der Waals surface area contributed by atoms with Crippen molar-refractivity contribution in [3.63, 3.8) is 0 Å². The number of hydrogen-bond donors (Lipinski definition) is 2. The molecular weight excluding hydrogens is 501 g/mol. The summed E-state index contributed by atoms with van der Waals surface area (Å²) in [7, 11) is 0. The second-order valence-electron chi connectivity index (χ2n) is 9.78. The number of aromatic amines is 1. The van der Waals surface area contributed by atoms with Gasteiger partial charge in [-0.25, -0.2) is 27.7 Å². The van der Waals surface area contributed by atoms with Gasteiger partial charge >= 0.3 is 11.7 Å². The van der Waals surface area contributed by atoms with Gasteiger partial charge in [0.15, 0.2) is 17.3 Å². The Morgan fingerprint density at radius 3 is 2.63 bits per heavy atom. The highest BCUT2D eigenvalue weighted by Crippen LogP contribution is 2.30. The Bertz CT molecular complexity index is 1380. The Hall–Kier alpha value is -3.83. The molecule has 5 rings (SSSR count). The average molecular weight is 531 g/mol. The van der Waals surface area contributed by atoms with Crippen LogP contribution in [0.4, 0.5) is 18.0 Å². The molecule has 0 unspecified atom stereocenters. The summed E-state index contributed by atoms with van der Waals surface area (Å²) >= 11 is 0. The fourth-order valence-corrected chi connectivity index (χ4v) is 5.57. The zero-order valence-electron chi connectivity index (χ0n) is 20.7. The average Bonchev–Trinajstić information content (AvgIpc) is 3.18. The molecule has 12 heteroatoms. The number of hydrogen-bond acceptors (Lipinski definition) is 4. The molecule has 0 spiro atoms. The first-order valence-electron chi connectivity index (χ1n) is 12.8. The molecule has 0 saturated carbocycles. The lowest BCUT2D eigenvalue weighted by Gasteiger charge is -2.33. The van der Waals surface area contributed by atoms with Crippen LogP contribution in [0.2, 0.25) is 0 Å². The highest BCUT2D eigenvalue weighted by Gasteiger charge is 2.35. The molecule has 2 saturated heterocycles. The van der Waals surface area contributed by atoms with E-state index >= 15 is 0 Å². The van der Waals surface area contributed by atoms with Crippen LogP contribution < -0.4 is 11.0 Å². The number of pyridine rings is 1. The van der Waals surface area contributed by atoms with Gasteiger partial charge in [0.1, 0.15) is 12.7 Å². The quantitative estimate of drug-likeness (QED) is 0.529. The number of H-pyrrole nitrogens is 1. The number of fused-ring (bicyclic) bond motifs is 1. The lowest BCUT2D eigenvalue weighted by Crippen LogP contribution is -2.53. The second-order valence-corrected chi connectivity index (χ2v) is 9.78. The van der Waals surface area contributed by atoms with E-state index in [9.17, 15) is 27.6 Å². The number of carbonyl (C=O) groups is 2. The Labute approximate surface area is 216 Å². The highest BCUT2D eigenvalue weighted by molar-refractivity contribution is 5.87. The molecule has 1 aromatic carbocycles. The molecule has 2 aromatic heterocycles. The van der Waals surface area contributed by atoms with Crippen LogP contribution in [0.15, 0.2) is 41.3 Å². The molecule has 2 N–H and O–H groups in total. The Kier molecular flexibility index (Phi) is 7.39. The fourth-order valence-electron chi connectivity index (χ4n) is 5.57. The van der Waals surface area contributed by atoms with E-state index in [1.165, 1.54) is 17.0 Å². The third-order valence-corrected chi connectivity index (χ3v) is 7.53. The summed E-state index contributed by atoms with van der Waals surface area (Å²) in [4.78, 5) is 48.5. The number of benzene rings is 1. The minimum Gasteiger partial charge on any atom is -0.338 e. The maximum atomic E-state index is 14.5. The molecule has 3 aromatic rings. The summed E-state index contributed by atoms with van der Waals surface area (Å²) < 4.78 is 43.2. The summed E-state index contributed by atoms with van der Waals surface area (Å²) in [5, 5.41) is 2.78. The monoisotopic (exact) mass is 530 g/mol. The summed E-state index contributed by atoms with van der Waals surface area (Å²) in [6, 6.07) is 6.05. The molecule has 9 nitrogen and oxygen atoms in total. The van der Waals surface area contributed by atoms with Crippen molar-refractivity contribution in [2.75, 3.05) is 32.9 Å². The molecule has 2 atom stereocenters. The number of amides is 3. The van der Waals surface area contributed by atoms with Crippen LogP contribution in [-0.2, 0) is 4.79 Å². The lowest BCUT2D eigenvalue weighted by molar-refractivity contribution is -0.133. The van der Waals surface area contributed by atoms with Crippen LogP contribution in [0.1, 0.15) is 43.2 Å². The van der Waals surface area contributed by atoms with E-state index in [4.69, 9.17) is 0 Å². The molecular formula is C26H29F3N6O3. The van der Waals surface area contributed by atoms with Crippen LogP contribution in [0.25, 0.3) is 11.2 Å². The van der Waals surface area contributed by atoms with Crippen molar-refractivity contribution in [1.82, 2.24) is 29.7 Å². The topological polar surface area (TPSA) is 103 Å². The van der Waals surface area contributed by atoms with Crippen LogP contribution in [-0.4, -0.2) is 75.2 Å². The summed E-state index contributed by atoms with van der Waals surface area (Å²) in [5.41, 5.74) is 1.11. The fraction of sp³-hybridized carbons (Fsp3) is 0.462. The van der Waals surface area contributed by atoms with E-state index in [-0.39, 0.29) is 36.8 Å². The number of nitrogens with zero attached hydrogens (tertiary/aromatic N) is 4. The summed E-state index contributed by atoms with van der Waals surface area (Å²) in [6.07, 6.45) is 3.23. The highest BCUT2D eigenvalue weighted by atomic mass is 19.2. The molecule has 202 valence electrons. The predicted octanol–water partition coefficient (Wildman–Crippen LogP) is 3.09. The largest absolute Gasteiger partial charge is 0.338 e. The van der Waals surface area contributed by atoms with Crippen molar-refractivity contribution < 1.29 is 22.8 Å². The number of alkyl halides is 1. The van der Waals surface area contributed by atoms with Crippen LogP contribution >= 0.6 is 0 Å². The first kappa shape index (κ1) is 25.8. The number of carbonyl (C=O) groups excluding carboxylic acids is 2. The first-order valence-corrected chi connectivity index (χ1v) is 12.8. The van der Waals surface area contributed by atoms with Gasteiger partial charge in [0.2, 0.25) is 5.91 Å². The zero-order chi connectivity index (χ0) is 26.8. The maximum Gasteiger partial charge on any atom is 0.327 e. The molecule has 38 heavy (non-hydrogen) atoms. The normalized spacial score (nSPS) is 21.1. The molecule has 2 fully saturated rings. The number of imidazole rings is 1. The van der Waals surface area contributed by atoms with Gasteiger partial charge in [-0.05, 0) is 49.4 Å². The van der Waals surface area contributed by atoms with Gasteiger partial charge in [0.25, 0.3) is 0 Å². The van der Waals surface area contributed by atoms with E-state index in [1.54, 1.807) is 21.7 Å². The molecule has 3 amide bonds. The van der Waals surface area contributed by atoms with E-state index < -0.39 is 42.2 Å². The molecule has 0 radical (unpaired) electrons. The van der Waals surface area contributed by atoms with Gasteiger partial charge in [0, 0.05) is 44.3 Å². The van der Waals surface area contributed by atoms with Crippen LogP contribution in [0.3, 0.4) is 0 Å². The molecule has 2 aliphatic heterocycles. The number of rotatable bonds is 5. The SMILES string of the molecule is O=C(N[C@@H]1CC[C@@H](c2cccc(F)c2F)CN(CCF)C1=O)N1CCC(n2c(=O)[nH]c3ncccc32)CC1. The third kappa shape index (κ3) is 4.99. The third-order valence-electron chi connectivity index (χ3n) is 7.53. The van der Waals surface area contributed by atoms with Crippen LogP contribution in [0.5, 0.6) is 0 Å². The summed E-state index contributed by atoms with van der Waals surface area (Å²) in [6.45, 7) is -0.196. The molecule has 4 heterocycles. The second kappa shape index (κ2) is 10.9. The van der Waals surface area contributed by atoms with Crippen molar-refractivity contribution in [1.29, 1.82) is 0 Å². The van der Waals surface area contributed by atoms with Gasteiger partial charge in [-0.2, -0.15) is 0 Å². The number of nitrogens with one attached hydrogen (secondary N) is 2. The van der Waals surface area contributed by atoms with E-state index in [1.807, 2.05) is 6.07 Å². The smallest absolute Gasteiger partial charge is 0.327 e. The predicted molar refractivity (Wildman–Crippen MR) is 133 cm³/mol. The van der Waals surface area contributed by atoms with Crippen molar-refractivity contribution in [2.24, 2.45) is 0 Å². The van der Waals surface area contributed by atoms with Crippen molar-refractivity contribution >= 4 is 23.1 Å². The Morgan fingerprint density at radius 2 is 1.87 bits per heavy atom. The number of likely N-dealkylation sites (tertiary alicyclic amines) is 2. The van der Waals surface area contributed by atoms with Gasteiger partial charge in [-0.3, -0.25) is 14.3 Å². The van der Waals surface area contributed by atoms with Crippen molar-refractivity contribution in [3.8, 4) is 0 Å². The number of halogens is 3. The van der Waals surface area contributed by atoms with Crippen LogP contribution in [0, 0.1) is 11.6 Å². The van der Waals surface area contributed by atoms with E-state index in [2.05, 4.69) is 15.3 Å². The summed E-state index contributed by atoms with van der Waals surface area (Å²) in [5.74, 6) is -2.92. The van der Waals surface area contributed by atoms with Gasteiger partial charge in [0.05, 0.1) is 5.52 Å². The molecule has 0 aliphatic carbocycles. The van der Waals surface area contributed by atoms with Gasteiger partial charge < -0.3 is 15.1 Å². The minimum absolute atomic E-state index is 0.0368. The van der Waals surface area contributed by atoms with Gasteiger partial charge in [-0.1, -0.05) is 12.1 Å². The number of urea groups is 1. The van der Waals surface area contributed by atoms with Crippen molar-refractivity contribution in [2.45, 2.75) is 43.7 Å². The maximum absolute atomic E-state index is 14.5. The zero-order valence-corrected chi connectivity index (χ0v) is 20.7. The molecule has 0 bridgehead atoms. The number of aromatic nitrogens is 3. The van der Waals surface area contributed by atoms with E-state index in [0.717, 1.165) is 6.07 Å². The minimum atomic E-state index is -0.977. The van der Waals surface area contributed by atoms with Crippen molar-refractivity contribution in [3.05, 3.63) is 64.2 Å². The first-order chi connectivity index (χ1) is 18.4. The standard InChI is InChI=1S/C26H29F3N6O3/c27-10-14-34-15-16(18-3-1-4-19(28)22(18)29)6-7-20(24(34)36)31-25(37)33-12-8-17(9-13-33)35-21-5-2-11-30-23(21)32-26(35)38/h1-5,11,16-17,20H,6-10,12-15H2,(H,31,37)(H,30,32,38)/t16-,20-/m1/s1.